The van der Waals surface area contributed by atoms with Crippen LogP contribution in [0.2, 0.25) is 0 Å². The quantitative estimate of drug-likeness (QED) is 0.846. The molecule has 2 aromatic rings. The molecule has 0 saturated carbocycles. The Kier molecular flexibility index (Phi) is 4.98. The van der Waals surface area contributed by atoms with E-state index in [2.05, 4.69) is 0 Å². The lowest BCUT2D eigenvalue weighted by Crippen LogP contribution is -2.20. The molecule has 0 saturated heterocycles. The molecule has 20 heavy (non-hydrogen) atoms. The molecule has 1 atom stereocenters. The van der Waals surface area contributed by atoms with E-state index >= 15 is 0 Å². The molecule has 0 amide bonds. The number of benzene rings is 2. The molecule has 0 heterocycles. The van der Waals surface area contributed by atoms with Gasteiger partial charge in [-0.15, -0.1) is 0 Å². The van der Waals surface area contributed by atoms with Crippen LogP contribution in [0.25, 0.3) is 0 Å². The second kappa shape index (κ2) is 6.93. The van der Waals surface area contributed by atoms with Crippen molar-refractivity contribution in [3.8, 4) is 11.5 Å². The zero-order chi connectivity index (χ0) is 14.4. The van der Waals surface area contributed by atoms with E-state index < -0.39 is 0 Å². The number of ether oxygens (including phenoxy) is 2. The van der Waals surface area contributed by atoms with E-state index in [0.717, 1.165) is 11.1 Å². The van der Waals surface area contributed by atoms with Gasteiger partial charge in [0, 0.05) is 12.6 Å². The Bertz CT molecular complexity index is 543. The minimum absolute atomic E-state index is 0.194. The molecule has 0 radical (unpaired) electrons. The Morgan fingerprint density at radius 3 is 2.45 bits per heavy atom. The van der Waals surface area contributed by atoms with Crippen molar-refractivity contribution in [3.05, 3.63) is 59.7 Å². The van der Waals surface area contributed by atoms with E-state index in [1.54, 1.807) is 7.11 Å². The number of hydrogen-bond acceptors (Lipinski definition) is 4. The van der Waals surface area contributed by atoms with Gasteiger partial charge in [0.1, 0.15) is 6.61 Å². The van der Waals surface area contributed by atoms with E-state index in [1.807, 2.05) is 48.5 Å². The molecule has 4 N–H and O–H groups in total. The van der Waals surface area contributed by atoms with Crippen molar-refractivity contribution in [2.24, 2.45) is 11.5 Å². The minimum atomic E-state index is -0.194. The smallest absolute Gasteiger partial charge is 0.161 e. The maximum absolute atomic E-state index is 5.94. The summed E-state index contributed by atoms with van der Waals surface area (Å²) in [5.41, 5.74) is 13.6. The van der Waals surface area contributed by atoms with E-state index in [0.29, 0.717) is 24.7 Å². The number of methoxy groups -OCH3 is 1. The molecule has 0 bridgehead atoms. The van der Waals surface area contributed by atoms with Crippen LogP contribution < -0.4 is 20.9 Å². The first-order valence-electron chi connectivity index (χ1n) is 6.55. The second-order valence-corrected chi connectivity index (χ2v) is 4.53. The van der Waals surface area contributed by atoms with Crippen LogP contribution in [-0.2, 0) is 6.61 Å². The molecule has 106 valence electrons. The summed E-state index contributed by atoms with van der Waals surface area (Å²) in [7, 11) is 1.62. The normalized spacial score (nSPS) is 11.9. The number of rotatable bonds is 6. The highest BCUT2D eigenvalue weighted by atomic mass is 16.5. The summed E-state index contributed by atoms with van der Waals surface area (Å²) < 4.78 is 11.1. The van der Waals surface area contributed by atoms with Crippen LogP contribution in [0.4, 0.5) is 0 Å². The van der Waals surface area contributed by atoms with Crippen molar-refractivity contribution in [1.29, 1.82) is 0 Å². The van der Waals surface area contributed by atoms with Crippen molar-refractivity contribution in [2.45, 2.75) is 12.6 Å². The highest BCUT2D eigenvalue weighted by Gasteiger charge is 2.10. The SMILES string of the molecule is COc1ccc(C(N)CN)cc1OCc1ccccc1. The predicted molar refractivity (Wildman–Crippen MR) is 79.8 cm³/mol. The van der Waals surface area contributed by atoms with Gasteiger partial charge < -0.3 is 20.9 Å². The van der Waals surface area contributed by atoms with Gasteiger partial charge in [-0.3, -0.25) is 0 Å². The average molecular weight is 272 g/mol. The molecule has 1 unspecified atom stereocenters. The van der Waals surface area contributed by atoms with Crippen LogP contribution in [0.5, 0.6) is 11.5 Å². The fourth-order valence-corrected chi connectivity index (χ4v) is 1.91. The van der Waals surface area contributed by atoms with Gasteiger partial charge >= 0.3 is 0 Å². The van der Waals surface area contributed by atoms with E-state index in [9.17, 15) is 0 Å². The Morgan fingerprint density at radius 1 is 1.05 bits per heavy atom. The van der Waals surface area contributed by atoms with Crippen LogP contribution in [-0.4, -0.2) is 13.7 Å². The summed E-state index contributed by atoms with van der Waals surface area (Å²) in [5, 5.41) is 0. The predicted octanol–water partition coefficient (Wildman–Crippen LogP) is 2.23. The van der Waals surface area contributed by atoms with Crippen LogP contribution in [0, 0.1) is 0 Å². The maximum Gasteiger partial charge on any atom is 0.161 e. The van der Waals surface area contributed by atoms with Gasteiger partial charge in [0.2, 0.25) is 0 Å². The lowest BCUT2D eigenvalue weighted by Gasteiger charge is -2.15. The molecule has 4 heteroatoms. The van der Waals surface area contributed by atoms with Crippen molar-refractivity contribution < 1.29 is 9.47 Å². The van der Waals surface area contributed by atoms with E-state index in [1.165, 1.54) is 0 Å². The molecule has 0 aliphatic carbocycles. The van der Waals surface area contributed by atoms with Gasteiger partial charge in [-0.2, -0.15) is 0 Å². The van der Waals surface area contributed by atoms with E-state index in [-0.39, 0.29) is 6.04 Å². The number of nitrogens with two attached hydrogens (primary N) is 2. The molecular weight excluding hydrogens is 252 g/mol. The first kappa shape index (κ1) is 14.4. The lowest BCUT2D eigenvalue weighted by molar-refractivity contribution is 0.284. The average Bonchev–Trinajstić information content (AvgIpc) is 2.52. The molecule has 0 fully saturated rings. The summed E-state index contributed by atoms with van der Waals surface area (Å²) in [4.78, 5) is 0. The molecular formula is C16H20N2O2. The van der Waals surface area contributed by atoms with Crippen LogP contribution in [0.15, 0.2) is 48.5 Å². The Balaban J connectivity index is 2.16. The number of hydrogen-bond donors (Lipinski definition) is 2. The largest absolute Gasteiger partial charge is 0.493 e. The molecule has 4 nitrogen and oxygen atoms in total. The zero-order valence-corrected chi connectivity index (χ0v) is 11.6. The van der Waals surface area contributed by atoms with Gasteiger partial charge in [0.15, 0.2) is 11.5 Å². The van der Waals surface area contributed by atoms with Crippen LogP contribution in [0.3, 0.4) is 0 Å². The van der Waals surface area contributed by atoms with E-state index in [4.69, 9.17) is 20.9 Å². The summed E-state index contributed by atoms with van der Waals surface area (Å²) in [6.07, 6.45) is 0. The summed E-state index contributed by atoms with van der Waals surface area (Å²) in [5.74, 6) is 1.37. The van der Waals surface area contributed by atoms with Crippen molar-refractivity contribution in [2.75, 3.05) is 13.7 Å². The Labute approximate surface area is 119 Å². The van der Waals surface area contributed by atoms with Crippen molar-refractivity contribution >= 4 is 0 Å². The van der Waals surface area contributed by atoms with Crippen LogP contribution >= 0.6 is 0 Å². The molecule has 2 rings (SSSR count). The molecule has 0 aromatic heterocycles. The second-order valence-electron chi connectivity index (χ2n) is 4.53. The standard InChI is InChI=1S/C16H20N2O2/c1-19-15-8-7-13(14(18)10-17)9-16(15)20-11-12-5-3-2-4-6-12/h2-9,14H,10-11,17-18H2,1H3. The first-order chi connectivity index (χ1) is 9.74. The third-order valence-electron chi connectivity index (χ3n) is 3.11. The van der Waals surface area contributed by atoms with Crippen LogP contribution in [0.1, 0.15) is 17.2 Å². The third-order valence-corrected chi connectivity index (χ3v) is 3.11. The molecule has 2 aromatic carbocycles. The van der Waals surface area contributed by atoms with Gasteiger partial charge in [-0.1, -0.05) is 36.4 Å². The Hall–Kier alpha value is -2.04. The van der Waals surface area contributed by atoms with Gasteiger partial charge in [-0.05, 0) is 23.3 Å². The first-order valence-corrected chi connectivity index (χ1v) is 6.55. The van der Waals surface area contributed by atoms with Crippen molar-refractivity contribution in [1.82, 2.24) is 0 Å². The highest BCUT2D eigenvalue weighted by molar-refractivity contribution is 5.44. The fraction of sp³-hybridized carbons (Fsp3) is 0.250. The van der Waals surface area contributed by atoms with Crippen molar-refractivity contribution in [3.63, 3.8) is 0 Å². The lowest BCUT2D eigenvalue weighted by atomic mass is 10.1. The summed E-state index contributed by atoms with van der Waals surface area (Å²) in [6, 6.07) is 15.4. The highest BCUT2D eigenvalue weighted by Crippen LogP contribution is 2.30. The molecule has 0 aliphatic heterocycles. The fourth-order valence-electron chi connectivity index (χ4n) is 1.91. The zero-order valence-electron chi connectivity index (χ0n) is 11.6. The summed E-state index contributed by atoms with van der Waals surface area (Å²) in [6.45, 7) is 0.878. The molecule has 0 spiro atoms. The minimum Gasteiger partial charge on any atom is -0.493 e. The maximum atomic E-state index is 5.94. The topological polar surface area (TPSA) is 70.5 Å². The third kappa shape index (κ3) is 3.50. The van der Waals surface area contributed by atoms with Gasteiger partial charge in [0.25, 0.3) is 0 Å². The Morgan fingerprint density at radius 2 is 1.80 bits per heavy atom. The van der Waals surface area contributed by atoms with Gasteiger partial charge in [0.05, 0.1) is 7.11 Å². The summed E-state index contributed by atoms with van der Waals surface area (Å²) >= 11 is 0. The molecule has 0 aliphatic rings. The van der Waals surface area contributed by atoms with Gasteiger partial charge in [-0.25, -0.2) is 0 Å². The monoisotopic (exact) mass is 272 g/mol.